The molecule has 0 saturated heterocycles. The van der Waals surface area contributed by atoms with E-state index in [-0.39, 0.29) is 5.56 Å². The van der Waals surface area contributed by atoms with Gasteiger partial charge in [-0.2, -0.15) is 14.6 Å². The molecule has 0 radical (unpaired) electrons. The van der Waals surface area contributed by atoms with Crippen molar-refractivity contribution in [2.45, 2.75) is 27.2 Å². The lowest BCUT2D eigenvalue weighted by atomic mass is 10.0. The van der Waals surface area contributed by atoms with Crippen LogP contribution in [-0.4, -0.2) is 37.0 Å². The third-order valence-corrected chi connectivity index (χ3v) is 7.50. The quantitative estimate of drug-likeness (QED) is 0.180. The topological polar surface area (TPSA) is 101 Å². The van der Waals surface area contributed by atoms with E-state index in [2.05, 4.69) is 17.0 Å². The maximum atomic E-state index is 13.5. The number of rotatable bonds is 8. The first-order chi connectivity index (χ1) is 20.4. The number of aryl methyl sites for hydroxylation is 1. The van der Waals surface area contributed by atoms with Gasteiger partial charge in [-0.05, 0) is 67.4 Å². The number of thiazole rings is 1. The molecule has 6 aromatic rings. The molecule has 0 aliphatic rings. The number of hydrogen-bond donors (Lipinski definition) is 0. The van der Waals surface area contributed by atoms with Crippen molar-refractivity contribution in [1.29, 1.82) is 0 Å². The Labute approximate surface area is 245 Å². The Bertz CT molecular complexity index is 2030. The minimum absolute atomic E-state index is 0.294. The van der Waals surface area contributed by atoms with Crippen LogP contribution in [0.4, 0.5) is 0 Å². The monoisotopic (exact) mass is 577 g/mol. The van der Waals surface area contributed by atoms with E-state index >= 15 is 0 Å². The molecule has 0 amide bonds. The van der Waals surface area contributed by atoms with Gasteiger partial charge in [0.25, 0.3) is 5.56 Å². The zero-order valence-corrected chi connectivity index (χ0v) is 24.1. The summed E-state index contributed by atoms with van der Waals surface area (Å²) in [6, 6.07) is 22.8. The summed E-state index contributed by atoms with van der Waals surface area (Å²) < 4.78 is 14.7. The normalized spacial score (nSPS) is 11.7. The zero-order chi connectivity index (χ0) is 29.2. The molecule has 42 heavy (non-hydrogen) atoms. The Morgan fingerprint density at radius 3 is 2.52 bits per heavy atom. The molecule has 0 N–H and O–H groups in total. The van der Waals surface area contributed by atoms with Crippen LogP contribution in [0.3, 0.4) is 0 Å². The number of ether oxygens (including phenoxy) is 2. The molecule has 0 saturated carbocycles. The molecule has 3 heterocycles. The van der Waals surface area contributed by atoms with Crippen LogP contribution in [0.2, 0.25) is 0 Å². The molecule has 9 nitrogen and oxygen atoms in total. The van der Waals surface area contributed by atoms with Gasteiger partial charge in [0.15, 0.2) is 5.82 Å². The highest BCUT2D eigenvalue weighted by Crippen LogP contribution is 2.31. The Hall–Kier alpha value is -5.09. The van der Waals surface area contributed by atoms with Gasteiger partial charge in [0.1, 0.15) is 17.2 Å². The number of esters is 1. The predicted molar refractivity (Wildman–Crippen MR) is 162 cm³/mol. The Morgan fingerprint density at radius 2 is 1.79 bits per heavy atom. The van der Waals surface area contributed by atoms with Gasteiger partial charge in [0.05, 0.1) is 22.4 Å². The molecular weight excluding hydrogens is 550 g/mol. The van der Waals surface area contributed by atoms with Crippen LogP contribution >= 0.6 is 11.3 Å². The third kappa shape index (κ3) is 5.31. The maximum absolute atomic E-state index is 13.5. The highest BCUT2D eigenvalue weighted by atomic mass is 32.1. The summed E-state index contributed by atoms with van der Waals surface area (Å²) in [5, 5.41) is 9.38. The second-order valence-electron chi connectivity index (χ2n) is 9.67. The minimum Gasteiger partial charge on any atom is -0.494 e. The lowest BCUT2D eigenvalue weighted by Crippen LogP contribution is -2.23. The highest BCUT2D eigenvalue weighted by molar-refractivity contribution is 7.15. The van der Waals surface area contributed by atoms with Crippen LogP contribution in [0, 0.1) is 6.92 Å². The predicted octanol–water partition coefficient (Wildman–Crippen LogP) is 5.24. The number of fused-ring (bicyclic) bond motifs is 1. The number of para-hydroxylation sites is 2. The van der Waals surface area contributed by atoms with Crippen LogP contribution in [0.25, 0.3) is 39.4 Å². The SMILES string of the molecule is CCCOc1ccc(-c2nn(-c3ccccc3)cc2/C=c2\sc3nc(-c4ccccc4OC(C)=O)nn3c2=O)c(C)c1. The van der Waals surface area contributed by atoms with Crippen molar-refractivity contribution in [2.75, 3.05) is 6.61 Å². The molecule has 0 aliphatic heterocycles. The Kier molecular flexibility index (Phi) is 7.37. The van der Waals surface area contributed by atoms with E-state index in [4.69, 9.17) is 14.6 Å². The minimum atomic E-state index is -0.449. The van der Waals surface area contributed by atoms with Gasteiger partial charge in [-0.25, -0.2) is 4.68 Å². The van der Waals surface area contributed by atoms with Crippen LogP contribution in [0.1, 0.15) is 31.4 Å². The van der Waals surface area contributed by atoms with E-state index < -0.39 is 5.97 Å². The molecule has 210 valence electrons. The number of carbonyl (C=O) groups is 1. The van der Waals surface area contributed by atoms with Crippen molar-refractivity contribution in [3.8, 4) is 39.8 Å². The van der Waals surface area contributed by atoms with E-state index in [1.165, 1.54) is 22.8 Å². The maximum Gasteiger partial charge on any atom is 0.308 e. The molecule has 0 spiro atoms. The van der Waals surface area contributed by atoms with Crippen molar-refractivity contribution in [1.82, 2.24) is 24.4 Å². The summed E-state index contributed by atoms with van der Waals surface area (Å²) in [4.78, 5) is 30.1. The number of benzene rings is 3. The molecule has 0 bridgehead atoms. The number of nitrogens with zero attached hydrogens (tertiary/aromatic N) is 5. The number of aromatic nitrogens is 5. The van der Waals surface area contributed by atoms with Gasteiger partial charge >= 0.3 is 5.97 Å². The molecule has 0 aliphatic carbocycles. The van der Waals surface area contributed by atoms with Gasteiger partial charge in [-0.3, -0.25) is 9.59 Å². The summed E-state index contributed by atoms with van der Waals surface area (Å²) in [7, 11) is 0. The summed E-state index contributed by atoms with van der Waals surface area (Å²) >= 11 is 1.24. The fourth-order valence-corrected chi connectivity index (χ4v) is 5.51. The Balaban J connectivity index is 1.45. The van der Waals surface area contributed by atoms with Crippen molar-refractivity contribution in [3.63, 3.8) is 0 Å². The standard InChI is InChI=1S/C32H27N5O4S/c1-4-16-40-24-14-15-25(20(2)17-24)29-22(19-36(34-29)23-10-6-5-7-11-23)18-28-31(39)37-32(42-28)33-30(35-37)26-12-8-9-13-27(26)41-21(3)38/h5-15,17-19H,4,16H2,1-3H3/b28-18-. The van der Waals surface area contributed by atoms with Crippen LogP contribution in [0.15, 0.2) is 83.8 Å². The first kappa shape index (κ1) is 27.1. The average Bonchev–Trinajstić information content (AvgIpc) is 3.67. The first-order valence-electron chi connectivity index (χ1n) is 13.5. The second-order valence-corrected chi connectivity index (χ2v) is 10.7. The molecule has 0 atom stereocenters. The lowest BCUT2D eigenvalue weighted by Gasteiger charge is -2.09. The van der Waals surface area contributed by atoms with Crippen molar-refractivity contribution in [3.05, 3.63) is 105 Å². The van der Waals surface area contributed by atoms with Gasteiger partial charge in [0, 0.05) is 24.2 Å². The molecule has 10 heteroatoms. The largest absolute Gasteiger partial charge is 0.494 e. The fraction of sp³-hybridized carbons (Fsp3) is 0.156. The number of carbonyl (C=O) groups excluding carboxylic acids is 1. The Morgan fingerprint density at radius 1 is 1.00 bits per heavy atom. The number of hydrogen-bond acceptors (Lipinski definition) is 8. The smallest absolute Gasteiger partial charge is 0.308 e. The van der Waals surface area contributed by atoms with Gasteiger partial charge in [-0.1, -0.05) is 48.6 Å². The molecular formula is C32H27N5O4S. The van der Waals surface area contributed by atoms with Crippen molar-refractivity contribution < 1.29 is 14.3 Å². The summed E-state index contributed by atoms with van der Waals surface area (Å²) in [6.07, 6.45) is 4.68. The highest BCUT2D eigenvalue weighted by Gasteiger charge is 2.18. The molecule has 0 unspecified atom stereocenters. The van der Waals surface area contributed by atoms with Gasteiger partial charge < -0.3 is 9.47 Å². The van der Waals surface area contributed by atoms with E-state index in [0.717, 1.165) is 40.2 Å². The van der Waals surface area contributed by atoms with E-state index in [0.29, 0.717) is 33.2 Å². The van der Waals surface area contributed by atoms with Gasteiger partial charge in [0.2, 0.25) is 4.96 Å². The second kappa shape index (κ2) is 11.4. The average molecular weight is 578 g/mol. The summed E-state index contributed by atoms with van der Waals surface area (Å²) in [5.74, 6) is 1.00. The zero-order valence-electron chi connectivity index (χ0n) is 23.3. The summed E-state index contributed by atoms with van der Waals surface area (Å²) in [5.41, 5.74) is 4.62. The molecule has 0 fully saturated rings. The van der Waals surface area contributed by atoms with Crippen molar-refractivity contribution >= 4 is 28.3 Å². The molecule has 3 aromatic carbocycles. The van der Waals surface area contributed by atoms with Crippen LogP contribution < -0.4 is 19.6 Å². The molecule has 6 rings (SSSR count). The third-order valence-electron chi connectivity index (χ3n) is 6.54. The lowest BCUT2D eigenvalue weighted by molar-refractivity contribution is -0.131. The molecule has 3 aromatic heterocycles. The van der Waals surface area contributed by atoms with E-state index in [1.54, 1.807) is 24.3 Å². The van der Waals surface area contributed by atoms with Crippen molar-refractivity contribution in [2.24, 2.45) is 0 Å². The van der Waals surface area contributed by atoms with E-state index in [1.807, 2.05) is 72.4 Å². The van der Waals surface area contributed by atoms with Crippen LogP contribution in [-0.2, 0) is 4.79 Å². The van der Waals surface area contributed by atoms with Gasteiger partial charge in [-0.15, -0.1) is 5.10 Å². The van der Waals surface area contributed by atoms with E-state index in [9.17, 15) is 9.59 Å². The first-order valence-corrected chi connectivity index (χ1v) is 14.3. The fourth-order valence-electron chi connectivity index (χ4n) is 4.61. The van der Waals surface area contributed by atoms with Crippen LogP contribution in [0.5, 0.6) is 11.5 Å². The summed E-state index contributed by atoms with van der Waals surface area (Å²) in [6.45, 7) is 6.08.